The number of nitrogens with one attached hydrogen (secondary N) is 1. The smallest absolute Gasteiger partial charge is 0.253 e. The fraction of sp³-hybridized carbons (Fsp3) is 0.450. The summed E-state index contributed by atoms with van der Waals surface area (Å²) in [7, 11) is -3.62. The van der Waals surface area contributed by atoms with Gasteiger partial charge in [0.25, 0.3) is 10.0 Å². The van der Waals surface area contributed by atoms with Crippen molar-refractivity contribution in [2.75, 3.05) is 13.2 Å². The molecule has 6 nitrogen and oxygen atoms in total. The summed E-state index contributed by atoms with van der Waals surface area (Å²) in [6.07, 6.45) is 3.29. The Hall–Kier alpha value is -1.90. The Morgan fingerprint density at radius 2 is 2.18 bits per heavy atom. The molecule has 0 bridgehead atoms. The quantitative estimate of drug-likeness (QED) is 0.629. The van der Waals surface area contributed by atoms with E-state index in [9.17, 15) is 13.2 Å². The summed E-state index contributed by atoms with van der Waals surface area (Å²) in [5.41, 5.74) is 0.924. The van der Waals surface area contributed by atoms with Gasteiger partial charge in [0.2, 0.25) is 5.91 Å². The van der Waals surface area contributed by atoms with Crippen molar-refractivity contribution < 1.29 is 17.9 Å². The van der Waals surface area contributed by atoms with Crippen LogP contribution < -0.4 is 10.1 Å². The fourth-order valence-corrected chi connectivity index (χ4v) is 5.98. The van der Waals surface area contributed by atoms with Crippen LogP contribution in [0, 0.1) is 0 Å². The van der Waals surface area contributed by atoms with Crippen LogP contribution in [0.25, 0.3) is 0 Å². The van der Waals surface area contributed by atoms with Crippen LogP contribution in [0.3, 0.4) is 0 Å². The Balaban J connectivity index is 1.61. The lowest BCUT2D eigenvalue weighted by Gasteiger charge is -2.22. The second kappa shape index (κ2) is 9.54. The maximum absolute atomic E-state index is 12.8. The first kappa shape index (κ1) is 20.8. The van der Waals surface area contributed by atoms with Crippen molar-refractivity contribution in [2.45, 2.75) is 49.4 Å². The number of carbonyl (C=O) groups excluding carboxylic acids is 1. The van der Waals surface area contributed by atoms with E-state index in [1.807, 2.05) is 24.3 Å². The molecule has 1 aromatic carbocycles. The van der Waals surface area contributed by atoms with Gasteiger partial charge >= 0.3 is 0 Å². The third-order valence-electron chi connectivity index (χ3n) is 4.70. The van der Waals surface area contributed by atoms with Crippen LogP contribution in [0.15, 0.2) is 46.0 Å². The van der Waals surface area contributed by atoms with Gasteiger partial charge in [-0.25, -0.2) is 8.42 Å². The summed E-state index contributed by atoms with van der Waals surface area (Å²) in [5, 5.41) is 4.62. The molecule has 28 heavy (non-hydrogen) atoms. The molecule has 0 unspecified atom stereocenters. The van der Waals surface area contributed by atoms with E-state index in [-0.39, 0.29) is 10.1 Å². The van der Waals surface area contributed by atoms with Crippen LogP contribution in [-0.4, -0.2) is 37.8 Å². The molecule has 0 saturated carbocycles. The maximum atomic E-state index is 12.8. The first-order chi connectivity index (χ1) is 13.5. The average Bonchev–Trinajstić information content (AvgIpc) is 3.39. The third kappa shape index (κ3) is 4.92. The molecule has 1 atom stereocenters. The SMILES string of the molecule is CCCCOc1cccc(CNC(=O)[C@@H]2CCCN2S(=O)(=O)c2cccs2)c1. The highest BCUT2D eigenvalue weighted by molar-refractivity contribution is 7.91. The van der Waals surface area contributed by atoms with E-state index in [1.165, 1.54) is 15.6 Å². The topological polar surface area (TPSA) is 75.7 Å². The molecule has 3 rings (SSSR count). The molecule has 1 fully saturated rings. The van der Waals surface area contributed by atoms with Crippen LogP contribution in [0.1, 0.15) is 38.2 Å². The monoisotopic (exact) mass is 422 g/mol. The molecule has 152 valence electrons. The highest BCUT2D eigenvalue weighted by Crippen LogP contribution is 2.28. The molecule has 1 saturated heterocycles. The van der Waals surface area contributed by atoms with Crippen LogP contribution in [0.5, 0.6) is 5.75 Å². The minimum atomic E-state index is -3.62. The first-order valence-corrected chi connectivity index (χ1v) is 11.9. The van der Waals surface area contributed by atoms with Crippen molar-refractivity contribution >= 4 is 27.3 Å². The van der Waals surface area contributed by atoms with Crippen molar-refractivity contribution in [1.82, 2.24) is 9.62 Å². The van der Waals surface area contributed by atoms with Crippen molar-refractivity contribution in [3.05, 3.63) is 47.3 Å². The van der Waals surface area contributed by atoms with Gasteiger partial charge in [-0.05, 0) is 48.4 Å². The molecule has 0 aliphatic carbocycles. The zero-order valence-corrected chi connectivity index (χ0v) is 17.6. The van der Waals surface area contributed by atoms with Gasteiger partial charge in [0.15, 0.2) is 0 Å². The number of amides is 1. The molecule has 1 N–H and O–H groups in total. The van der Waals surface area contributed by atoms with Crippen molar-refractivity contribution in [1.29, 1.82) is 0 Å². The van der Waals surface area contributed by atoms with Gasteiger partial charge < -0.3 is 10.1 Å². The third-order valence-corrected chi connectivity index (χ3v) is 7.98. The molecular weight excluding hydrogens is 396 g/mol. The summed E-state index contributed by atoms with van der Waals surface area (Å²) in [5.74, 6) is 0.526. The second-order valence-electron chi connectivity index (χ2n) is 6.77. The normalized spacial score (nSPS) is 17.5. The lowest BCUT2D eigenvalue weighted by molar-refractivity contribution is -0.124. The summed E-state index contributed by atoms with van der Waals surface area (Å²) >= 11 is 1.18. The van der Waals surface area contributed by atoms with E-state index in [0.717, 1.165) is 24.2 Å². The zero-order chi connectivity index (χ0) is 20.0. The average molecular weight is 423 g/mol. The minimum Gasteiger partial charge on any atom is -0.494 e. The number of nitrogens with zero attached hydrogens (tertiary/aromatic N) is 1. The maximum Gasteiger partial charge on any atom is 0.253 e. The standard InChI is InChI=1S/C20H26N2O4S2/c1-2-3-12-26-17-8-4-7-16(14-17)15-21-20(23)18-9-5-11-22(18)28(24,25)19-10-6-13-27-19/h4,6-8,10,13-14,18H,2-3,5,9,11-12,15H2,1H3,(H,21,23)/t18-/m0/s1. The highest BCUT2D eigenvalue weighted by Gasteiger charge is 2.39. The number of sulfonamides is 1. The lowest BCUT2D eigenvalue weighted by atomic mass is 10.2. The fourth-order valence-electron chi connectivity index (χ4n) is 3.20. The Bertz CT molecular complexity index is 881. The predicted octanol–water partition coefficient (Wildman–Crippen LogP) is 3.40. The van der Waals surface area contributed by atoms with Crippen molar-refractivity contribution in [3.8, 4) is 5.75 Å². The minimum absolute atomic E-state index is 0.255. The van der Waals surface area contributed by atoms with E-state index in [4.69, 9.17) is 4.74 Å². The van der Waals surface area contributed by atoms with Gasteiger partial charge in [-0.15, -0.1) is 11.3 Å². The molecule has 0 radical (unpaired) electrons. The van der Waals surface area contributed by atoms with Crippen LogP contribution in [-0.2, 0) is 21.4 Å². The van der Waals surface area contributed by atoms with Crippen LogP contribution in [0.4, 0.5) is 0 Å². The van der Waals surface area contributed by atoms with Gasteiger partial charge in [-0.3, -0.25) is 4.79 Å². The first-order valence-electron chi connectivity index (χ1n) is 9.57. The van der Waals surface area contributed by atoms with Crippen LogP contribution >= 0.6 is 11.3 Å². The van der Waals surface area contributed by atoms with E-state index < -0.39 is 16.1 Å². The lowest BCUT2D eigenvalue weighted by Crippen LogP contribution is -2.45. The van der Waals surface area contributed by atoms with Crippen molar-refractivity contribution in [3.63, 3.8) is 0 Å². The molecule has 0 spiro atoms. The number of thiophene rings is 1. The van der Waals surface area contributed by atoms with Gasteiger partial charge in [0.1, 0.15) is 16.0 Å². The van der Waals surface area contributed by atoms with E-state index in [1.54, 1.807) is 17.5 Å². The second-order valence-corrected chi connectivity index (χ2v) is 9.84. The van der Waals surface area contributed by atoms with E-state index in [2.05, 4.69) is 12.2 Å². The Kier molecular flexibility index (Phi) is 7.09. The van der Waals surface area contributed by atoms with Gasteiger partial charge in [-0.2, -0.15) is 4.31 Å². The number of hydrogen-bond acceptors (Lipinski definition) is 5. The summed E-state index contributed by atoms with van der Waals surface area (Å²) in [6.45, 7) is 3.50. The number of ether oxygens (including phenoxy) is 1. The molecule has 1 aliphatic heterocycles. The number of unbranched alkanes of at least 4 members (excludes halogenated alkanes) is 1. The summed E-state index contributed by atoms with van der Waals surface area (Å²) in [6, 6.07) is 10.2. The Labute approximate surface area is 170 Å². The number of benzene rings is 1. The number of rotatable bonds is 9. The predicted molar refractivity (Wildman–Crippen MR) is 110 cm³/mol. The summed E-state index contributed by atoms with van der Waals surface area (Å²) in [4.78, 5) is 12.7. The molecule has 8 heteroatoms. The van der Waals surface area contributed by atoms with Gasteiger partial charge in [-0.1, -0.05) is 31.5 Å². The van der Waals surface area contributed by atoms with Gasteiger partial charge in [0, 0.05) is 13.1 Å². The summed E-state index contributed by atoms with van der Waals surface area (Å²) < 4.78 is 32.9. The molecule has 1 aromatic heterocycles. The number of carbonyl (C=O) groups is 1. The Morgan fingerprint density at radius 3 is 2.93 bits per heavy atom. The molecule has 2 heterocycles. The van der Waals surface area contributed by atoms with Crippen molar-refractivity contribution in [2.24, 2.45) is 0 Å². The Morgan fingerprint density at radius 1 is 1.32 bits per heavy atom. The highest BCUT2D eigenvalue weighted by atomic mass is 32.2. The van der Waals surface area contributed by atoms with Crippen LogP contribution in [0.2, 0.25) is 0 Å². The van der Waals surface area contributed by atoms with E-state index in [0.29, 0.717) is 32.5 Å². The van der Waals surface area contributed by atoms with Gasteiger partial charge in [0.05, 0.1) is 6.61 Å². The molecule has 2 aromatic rings. The molecular formula is C20H26N2O4S2. The van der Waals surface area contributed by atoms with E-state index >= 15 is 0 Å². The molecule has 1 amide bonds. The number of hydrogen-bond donors (Lipinski definition) is 1. The zero-order valence-electron chi connectivity index (χ0n) is 16.0. The largest absolute Gasteiger partial charge is 0.494 e. The molecule has 1 aliphatic rings.